The normalized spacial score (nSPS) is 13.9. The lowest BCUT2D eigenvalue weighted by Gasteiger charge is -2.30. The molecule has 0 N–H and O–H groups in total. The number of rotatable bonds is 34. The van der Waals surface area contributed by atoms with Gasteiger partial charge in [0.15, 0.2) is 0 Å². The molecule has 0 saturated carbocycles. The molecule has 5 rings (SSSR count). The second-order valence-corrected chi connectivity index (χ2v) is 17.3. The summed E-state index contributed by atoms with van der Waals surface area (Å²) in [4.78, 5) is 74.0. The third kappa shape index (κ3) is 21.8. The van der Waals surface area contributed by atoms with Gasteiger partial charge in [-0.05, 0) is 123 Å². The molecule has 0 spiro atoms. The molecular weight excluding hydrogens is 953 g/mol. The van der Waals surface area contributed by atoms with Crippen LogP contribution >= 0.6 is 0 Å². The van der Waals surface area contributed by atoms with Gasteiger partial charge in [-0.1, -0.05) is 90.2 Å². The Morgan fingerprint density at radius 2 is 0.649 bits per heavy atom. The van der Waals surface area contributed by atoms with Crippen LogP contribution in [0, 0.1) is 0 Å². The summed E-state index contributed by atoms with van der Waals surface area (Å²) in [6.45, 7) is 8.93. The zero-order valence-electron chi connectivity index (χ0n) is 42.0. The van der Waals surface area contributed by atoms with Crippen molar-refractivity contribution in [1.82, 2.24) is 0 Å². The number of hydrogen-bond acceptors (Lipinski definition) is 16. The molecule has 4 aromatic carbocycles. The molecule has 1 fully saturated rings. The summed E-state index contributed by atoms with van der Waals surface area (Å²) in [5.41, 5.74) is 0.870. The molecular formula is C58H68O16. The molecule has 0 aliphatic carbocycles. The van der Waals surface area contributed by atoms with Gasteiger partial charge in [0.05, 0.1) is 61.9 Å². The number of ether oxygens (including phenoxy) is 10. The molecule has 396 valence electrons. The highest BCUT2D eigenvalue weighted by molar-refractivity contribution is 5.93. The first-order valence-corrected chi connectivity index (χ1v) is 25.5. The maximum absolute atomic E-state index is 13.1. The monoisotopic (exact) mass is 1020 g/mol. The molecule has 74 heavy (non-hydrogen) atoms. The van der Waals surface area contributed by atoms with Crippen LogP contribution in [0.3, 0.4) is 0 Å². The van der Waals surface area contributed by atoms with Crippen molar-refractivity contribution in [1.29, 1.82) is 0 Å². The van der Waals surface area contributed by atoms with Crippen molar-refractivity contribution in [2.24, 2.45) is 0 Å². The van der Waals surface area contributed by atoms with Gasteiger partial charge in [0.2, 0.25) is 0 Å². The molecule has 16 heteroatoms. The van der Waals surface area contributed by atoms with Crippen molar-refractivity contribution in [3.8, 4) is 23.0 Å². The van der Waals surface area contributed by atoms with Crippen LogP contribution in [0.1, 0.15) is 144 Å². The number of esters is 6. The van der Waals surface area contributed by atoms with Gasteiger partial charge in [0.25, 0.3) is 12.6 Å². The van der Waals surface area contributed by atoms with Gasteiger partial charge in [-0.25, -0.2) is 28.8 Å². The van der Waals surface area contributed by atoms with Crippen molar-refractivity contribution in [3.05, 3.63) is 145 Å². The largest absolute Gasteiger partial charge is 0.494 e. The smallest absolute Gasteiger partial charge is 0.343 e. The van der Waals surface area contributed by atoms with Crippen molar-refractivity contribution in [2.75, 3.05) is 39.6 Å². The van der Waals surface area contributed by atoms with E-state index in [0.29, 0.717) is 49.1 Å². The van der Waals surface area contributed by atoms with E-state index in [-0.39, 0.29) is 47.8 Å². The van der Waals surface area contributed by atoms with Gasteiger partial charge in [0.1, 0.15) is 23.0 Å². The van der Waals surface area contributed by atoms with Crippen molar-refractivity contribution < 1.29 is 76.1 Å². The van der Waals surface area contributed by atoms with Crippen LogP contribution in [0.4, 0.5) is 0 Å². The fourth-order valence-corrected chi connectivity index (χ4v) is 7.41. The molecule has 0 unspecified atom stereocenters. The minimum absolute atomic E-state index is 0.0783. The second-order valence-electron chi connectivity index (χ2n) is 17.3. The lowest BCUT2D eigenvalue weighted by molar-refractivity contribution is -0.288. The molecule has 0 aromatic heterocycles. The van der Waals surface area contributed by atoms with Crippen LogP contribution in [-0.4, -0.2) is 88.0 Å². The molecule has 16 nitrogen and oxygen atoms in total. The lowest BCUT2D eigenvalue weighted by Crippen LogP contribution is -2.44. The van der Waals surface area contributed by atoms with Gasteiger partial charge in [-0.2, -0.15) is 0 Å². The Balaban J connectivity index is 0.944. The topological polar surface area (TPSA) is 195 Å². The van der Waals surface area contributed by atoms with Crippen LogP contribution in [0.15, 0.2) is 122 Å². The summed E-state index contributed by atoms with van der Waals surface area (Å²) in [6, 6.07) is 24.8. The number of carbonyl (C=O) groups is 6. The maximum atomic E-state index is 13.1. The molecule has 0 bridgehead atoms. The SMILES string of the molecule is C=CC(=O)OCCCCCCCCCCOc1ccc(C(=O)Oc2ccc(C(=O)O[C@H]3OCCO[C@@H]3OC(=O)c3ccc(OC(=O)c4ccc(OCCCCCCCCCCOC(=O)C=C)cc4)cc3)cc2)cc1. The molecule has 2 atom stereocenters. The highest BCUT2D eigenvalue weighted by Gasteiger charge is 2.34. The van der Waals surface area contributed by atoms with Gasteiger partial charge >= 0.3 is 35.8 Å². The third-order valence-electron chi connectivity index (χ3n) is 11.5. The van der Waals surface area contributed by atoms with Gasteiger partial charge in [-0.3, -0.25) is 0 Å². The van der Waals surface area contributed by atoms with E-state index in [9.17, 15) is 28.8 Å². The number of benzene rings is 4. The maximum Gasteiger partial charge on any atom is 0.343 e. The number of unbranched alkanes of at least 4 members (excludes halogenated alkanes) is 14. The van der Waals surface area contributed by atoms with Crippen molar-refractivity contribution in [2.45, 2.75) is 115 Å². The summed E-state index contributed by atoms with van der Waals surface area (Å²) in [5, 5.41) is 0. The summed E-state index contributed by atoms with van der Waals surface area (Å²) >= 11 is 0. The van der Waals surface area contributed by atoms with Gasteiger partial charge < -0.3 is 47.4 Å². The third-order valence-corrected chi connectivity index (χ3v) is 11.5. The predicted molar refractivity (Wildman–Crippen MR) is 273 cm³/mol. The van der Waals surface area contributed by atoms with Crippen LogP contribution in [0.25, 0.3) is 0 Å². The van der Waals surface area contributed by atoms with E-state index >= 15 is 0 Å². The van der Waals surface area contributed by atoms with E-state index in [0.717, 1.165) is 103 Å². The Labute approximate surface area is 433 Å². The first-order chi connectivity index (χ1) is 36.1. The van der Waals surface area contributed by atoms with Crippen LogP contribution < -0.4 is 18.9 Å². The summed E-state index contributed by atoms with van der Waals surface area (Å²) in [5.74, 6) is -1.84. The highest BCUT2D eigenvalue weighted by atomic mass is 16.8. The highest BCUT2D eigenvalue weighted by Crippen LogP contribution is 2.23. The fraction of sp³-hybridized carbons (Fsp3) is 0.414. The number of carbonyl (C=O) groups excluding carboxylic acids is 6. The summed E-state index contributed by atoms with van der Waals surface area (Å²) < 4.78 is 54.8. The lowest BCUT2D eigenvalue weighted by atomic mass is 10.1. The van der Waals surface area contributed by atoms with E-state index in [2.05, 4.69) is 13.2 Å². The summed E-state index contributed by atoms with van der Waals surface area (Å²) in [7, 11) is 0. The Morgan fingerprint density at radius 3 is 0.959 bits per heavy atom. The summed E-state index contributed by atoms with van der Waals surface area (Å²) in [6.07, 6.45) is 16.4. The predicted octanol–water partition coefficient (Wildman–Crippen LogP) is 11.3. The van der Waals surface area contributed by atoms with Crippen molar-refractivity contribution >= 4 is 35.8 Å². The molecule has 4 aromatic rings. The second kappa shape index (κ2) is 33.4. The minimum atomic E-state index is -1.38. The van der Waals surface area contributed by atoms with E-state index < -0.39 is 36.5 Å². The minimum Gasteiger partial charge on any atom is -0.494 e. The van der Waals surface area contributed by atoms with E-state index in [4.69, 9.17) is 47.4 Å². The molecule has 1 saturated heterocycles. The van der Waals surface area contributed by atoms with Crippen LogP contribution in [-0.2, 0) is 38.0 Å². The van der Waals surface area contributed by atoms with Crippen LogP contribution in [0.2, 0.25) is 0 Å². The Kier molecular flexibility index (Phi) is 26.0. The zero-order valence-corrected chi connectivity index (χ0v) is 42.0. The van der Waals surface area contributed by atoms with Crippen molar-refractivity contribution in [3.63, 3.8) is 0 Å². The average molecular weight is 1020 g/mol. The molecule has 1 aliphatic heterocycles. The van der Waals surface area contributed by atoms with E-state index in [1.165, 1.54) is 60.7 Å². The molecule has 0 amide bonds. The number of hydrogen-bond donors (Lipinski definition) is 0. The first-order valence-electron chi connectivity index (χ1n) is 25.5. The van der Waals surface area contributed by atoms with E-state index in [1.54, 1.807) is 48.5 Å². The zero-order chi connectivity index (χ0) is 52.6. The van der Waals surface area contributed by atoms with Gasteiger partial charge in [0, 0.05) is 12.2 Å². The first kappa shape index (κ1) is 57.6. The standard InChI is InChI=1S/C58H68O16/c1-3-51(59)67-39-19-15-11-7-5-9-13-17-37-65-47-29-21-43(22-30-47)53(61)71-49-33-25-45(26-34-49)55(63)73-57-58(70-42-41-69-57)74-56(64)46-27-35-50(36-28-46)72-54(62)44-23-31-48(32-24-44)66-38-18-14-10-6-8-12-16-20-40-68-52(60)4-2/h3-4,21-36,57-58H,1-2,5-20,37-42H2/t57-,58-/m1/s1. The average Bonchev–Trinajstić information content (AvgIpc) is 3.42. The van der Waals surface area contributed by atoms with E-state index in [1.807, 2.05) is 0 Å². The fourth-order valence-electron chi connectivity index (χ4n) is 7.41. The molecule has 0 radical (unpaired) electrons. The molecule has 1 aliphatic rings. The Morgan fingerprint density at radius 1 is 0.378 bits per heavy atom. The Bertz CT molecular complexity index is 2190. The van der Waals surface area contributed by atoms with Gasteiger partial charge in [-0.15, -0.1) is 0 Å². The Hall–Kier alpha value is -7.30. The quantitative estimate of drug-likeness (QED) is 0.0141. The molecule has 1 heterocycles. The van der Waals surface area contributed by atoms with Crippen LogP contribution in [0.5, 0.6) is 23.0 Å².